The summed E-state index contributed by atoms with van der Waals surface area (Å²) in [5, 5.41) is 113. The summed E-state index contributed by atoms with van der Waals surface area (Å²) in [6.07, 6.45) is -18.2. The second-order valence-corrected chi connectivity index (χ2v) is 13.7. The Balaban J connectivity index is 1.22. The third-order valence-electron chi connectivity index (χ3n) is 10.3. The summed E-state index contributed by atoms with van der Waals surface area (Å²) in [6, 6.07) is 7.30. The monoisotopic (exact) mass is 782 g/mol. The zero-order chi connectivity index (χ0) is 39.9. The topological polar surface area (TPSA) is 321 Å². The van der Waals surface area contributed by atoms with Gasteiger partial charge in [0.25, 0.3) is 0 Å². The quantitative estimate of drug-likeness (QED) is 0.0692. The van der Waals surface area contributed by atoms with Crippen LogP contribution in [0.15, 0.2) is 48.2 Å². The molecule has 15 unspecified atom stereocenters. The normalized spacial score (nSPS) is 37.3. The fraction of sp³-hybridized carbons (Fsp3) is 0.543. The van der Waals surface area contributed by atoms with Gasteiger partial charge in [-0.05, 0) is 36.6 Å². The van der Waals surface area contributed by atoms with Crippen LogP contribution in [0.3, 0.4) is 0 Å². The minimum absolute atomic E-state index is 0.0433. The molecule has 55 heavy (non-hydrogen) atoms. The van der Waals surface area contributed by atoms with Crippen LogP contribution in [-0.4, -0.2) is 155 Å². The van der Waals surface area contributed by atoms with Gasteiger partial charge in [0.15, 0.2) is 35.6 Å². The van der Waals surface area contributed by atoms with E-state index in [-0.39, 0.29) is 17.7 Å². The molecule has 3 heterocycles. The van der Waals surface area contributed by atoms with Crippen LogP contribution < -0.4 is 4.74 Å². The van der Waals surface area contributed by atoms with Crippen LogP contribution >= 0.6 is 0 Å². The van der Waals surface area contributed by atoms with Crippen molar-refractivity contribution in [1.82, 2.24) is 0 Å². The molecule has 1 saturated carbocycles. The van der Waals surface area contributed by atoms with E-state index in [1.807, 2.05) is 0 Å². The van der Waals surface area contributed by atoms with Crippen molar-refractivity contribution in [2.45, 2.75) is 87.2 Å². The molecule has 15 atom stereocenters. The highest BCUT2D eigenvalue weighted by Gasteiger charge is 2.56. The van der Waals surface area contributed by atoms with Crippen molar-refractivity contribution in [3.8, 4) is 28.7 Å². The highest BCUT2D eigenvalue weighted by Crippen LogP contribution is 2.50. The van der Waals surface area contributed by atoms with Gasteiger partial charge in [-0.1, -0.05) is 19.1 Å². The van der Waals surface area contributed by atoms with Crippen molar-refractivity contribution < 1.29 is 98.9 Å². The number of fused-ring (bicyclic) bond motifs is 1. The molecule has 2 saturated heterocycles. The Morgan fingerprint density at radius 2 is 1.33 bits per heavy atom. The molecule has 0 aromatic heterocycles. The van der Waals surface area contributed by atoms with Crippen molar-refractivity contribution in [2.24, 2.45) is 17.8 Å². The van der Waals surface area contributed by atoms with Crippen molar-refractivity contribution >= 4 is 11.9 Å². The summed E-state index contributed by atoms with van der Waals surface area (Å²) in [4.78, 5) is 26.2. The second kappa shape index (κ2) is 16.4. The van der Waals surface area contributed by atoms with Gasteiger partial charge in [0.2, 0.25) is 12.0 Å². The fourth-order valence-electron chi connectivity index (χ4n) is 7.16. The summed E-state index contributed by atoms with van der Waals surface area (Å²) in [5.41, 5.74) is -0.495. The van der Waals surface area contributed by atoms with E-state index in [0.29, 0.717) is 0 Å². The second-order valence-electron chi connectivity index (χ2n) is 13.7. The molecule has 20 nitrogen and oxygen atoms in total. The van der Waals surface area contributed by atoms with E-state index in [9.17, 15) is 65.8 Å². The van der Waals surface area contributed by atoms with Gasteiger partial charge in [-0.2, -0.15) is 0 Å². The molecule has 0 amide bonds. The molecular weight excluding hydrogens is 740 g/mol. The number of benzene rings is 2. The number of para-hydroxylation sites is 2. The Morgan fingerprint density at radius 1 is 0.727 bits per heavy atom. The number of carbonyl (C=O) groups is 2. The number of hydrogen-bond donors (Lipinski definition) is 11. The first-order chi connectivity index (χ1) is 26.1. The summed E-state index contributed by atoms with van der Waals surface area (Å²) in [5.74, 6) is -7.53. The number of rotatable bonds is 10. The first kappa shape index (κ1) is 40.3. The van der Waals surface area contributed by atoms with Gasteiger partial charge in [-0.25, -0.2) is 9.59 Å². The summed E-state index contributed by atoms with van der Waals surface area (Å²) in [6.45, 7) is 0.210. The summed E-state index contributed by atoms with van der Waals surface area (Å²) < 4.78 is 39.7. The molecule has 3 aliphatic heterocycles. The van der Waals surface area contributed by atoms with E-state index in [2.05, 4.69) is 0 Å². The fourth-order valence-corrected chi connectivity index (χ4v) is 7.16. The predicted octanol–water partition coefficient (Wildman–Crippen LogP) is -2.21. The average Bonchev–Trinajstić information content (AvgIpc) is 3.49. The van der Waals surface area contributed by atoms with Gasteiger partial charge < -0.3 is 89.3 Å². The standard InChI is InChI=1S/C35H42O20/c1-12-19(52-34-29(45)28(44)26(42)21(54-34)11-49-31(47)13-4-2-5-16(37)23(13)39)8-14-15(32(48)51-18-7-3-6-17(38)24(18)40)10-50-33(22(12)14)55-35-30(46)27(43)25(41)20(9-36)53-35/h2-7,10,12,14,19-22,25-30,33-46H,8-9,11H2,1H3. The van der Waals surface area contributed by atoms with Crippen molar-refractivity contribution in [2.75, 3.05) is 13.2 Å². The average molecular weight is 783 g/mol. The zero-order valence-corrected chi connectivity index (χ0v) is 28.9. The maximum absolute atomic E-state index is 13.5. The molecule has 1 aliphatic carbocycles. The van der Waals surface area contributed by atoms with E-state index in [1.54, 1.807) is 6.92 Å². The predicted molar refractivity (Wildman–Crippen MR) is 176 cm³/mol. The third kappa shape index (κ3) is 7.89. The van der Waals surface area contributed by atoms with Crippen LogP contribution in [0.4, 0.5) is 0 Å². The van der Waals surface area contributed by atoms with Crippen LogP contribution in [0.2, 0.25) is 0 Å². The Kier molecular flexibility index (Phi) is 12.0. The van der Waals surface area contributed by atoms with Gasteiger partial charge in [0.05, 0.1) is 24.5 Å². The van der Waals surface area contributed by atoms with Gasteiger partial charge in [0, 0.05) is 11.8 Å². The highest BCUT2D eigenvalue weighted by atomic mass is 16.8. The molecule has 302 valence electrons. The van der Waals surface area contributed by atoms with Gasteiger partial charge >= 0.3 is 11.9 Å². The molecule has 0 spiro atoms. The largest absolute Gasteiger partial charge is 0.504 e. The van der Waals surface area contributed by atoms with E-state index in [4.69, 9.17) is 33.2 Å². The van der Waals surface area contributed by atoms with Crippen LogP contribution in [0.25, 0.3) is 0 Å². The first-order valence-electron chi connectivity index (χ1n) is 17.2. The van der Waals surface area contributed by atoms with Crippen LogP contribution in [-0.2, 0) is 33.2 Å². The van der Waals surface area contributed by atoms with Crippen LogP contribution in [0.1, 0.15) is 23.7 Å². The minimum Gasteiger partial charge on any atom is -0.504 e. The van der Waals surface area contributed by atoms with Crippen molar-refractivity contribution in [1.29, 1.82) is 0 Å². The lowest BCUT2D eigenvalue weighted by atomic mass is 9.83. The van der Waals surface area contributed by atoms with E-state index < -0.39 is 145 Å². The van der Waals surface area contributed by atoms with Gasteiger partial charge in [0.1, 0.15) is 61.0 Å². The molecule has 0 radical (unpaired) electrons. The molecule has 11 N–H and O–H groups in total. The lowest BCUT2D eigenvalue weighted by Gasteiger charge is -2.43. The van der Waals surface area contributed by atoms with Crippen molar-refractivity contribution in [3.63, 3.8) is 0 Å². The molecular formula is C35H42O20. The lowest BCUT2D eigenvalue weighted by molar-refractivity contribution is -0.343. The Morgan fingerprint density at radius 3 is 2.00 bits per heavy atom. The van der Waals surface area contributed by atoms with Crippen LogP contribution in [0.5, 0.6) is 28.7 Å². The van der Waals surface area contributed by atoms with Gasteiger partial charge in [-0.3, -0.25) is 0 Å². The Bertz CT molecular complexity index is 1730. The number of phenols is 4. The number of carbonyl (C=O) groups excluding carboxylic acids is 2. The molecule has 3 fully saturated rings. The number of aliphatic hydroxyl groups excluding tert-OH is 7. The molecule has 2 aromatic carbocycles. The molecule has 2 aromatic rings. The zero-order valence-electron chi connectivity index (χ0n) is 28.9. The first-order valence-corrected chi connectivity index (χ1v) is 17.2. The number of esters is 2. The van der Waals surface area contributed by atoms with Crippen LogP contribution in [0, 0.1) is 17.8 Å². The van der Waals surface area contributed by atoms with Gasteiger partial charge in [-0.15, -0.1) is 0 Å². The maximum atomic E-state index is 13.5. The number of hydrogen-bond acceptors (Lipinski definition) is 20. The Labute approximate surface area is 311 Å². The number of aliphatic hydroxyl groups is 7. The minimum atomic E-state index is -1.87. The molecule has 20 heteroatoms. The summed E-state index contributed by atoms with van der Waals surface area (Å²) >= 11 is 0. The highest BCUT2D eigenvalue weighted by molar-refractivity contribution is 5.93. The Hall–Kier alpha value is -4.32. The van der Waals surface area contributed by atoms with E-state index in [0.717, 1.165) is 12.3 Å². The third-order valence-corrected chi connectivity index (χ3v) is 10.3. The summed E-state index contributed by atoms with van der Waals surface area (Å²) in [7, 11) is 0. The number of ether oxygens (including phenoxy) is 7. The SMILES string of the molecule is CC1C(OC2OC(COC(=O)c3cccc(O)c3O)C(O)C(O)C2O)CC2C(C(=O)Oc3cccc(O)c3O)=COC(OC3OC(CO)C(O)C(O)C3O)C21. The van der Waals surface area contributed by atoms with E-state index in [1.165, 1.54) is 30.3 Å². The molecule has 0 bridgehead atoms. The van der Waals surface area contributed by atoms with E-state index >= 15 is 0 Å². The smallest absolute Gasteiger partial charge is 0.342 e. The molecule has 6 rings (SSSR count). The number of phenolic OH excluding ortho intramolecular Hbond substituents is 4. The lowest BCUT2D eigenvalue weighted by Crippen LogP contribution is -2.60. The number of aromatic hydroxyl groups is 4. The van der Waals surface area contributed by atoms with Crippen molar-refractivity contribution in [3.05, 3.63) is 53.8 Å². The molecule has 4 aliphatic rings. The maximum Gasteiger partial charge on any atom is 0.342 e.